The van der Waals surface area contributed by atoms with Crippen LogP contribution >= 0.6 is 0 Å². The highest BCUT2D eigenvalue weighted by Crippen LogP contribution is 2.20. The van der Waals surface area contributed by atoms with Crippen molar-refractivity contribution in [1.29, 1.82) is 0 Å². The molecule has 1 rings (SSSR count). The molecule has 0 aromatic heterocycles. The van der Waals surface area contributed by atoms with Gasteiger partial charge < -0.3 is 16.0 Å². The van der Waals surface area contributed by atoms with Crippen LogP contribution in [0.15, 0.2) is 0 Å². The molecule has 1 saturated heterocycles. The molecule has 0 saturated carbocycles. The predicted octanol–water partition coefficient (Wildman–Crippen LogP) is -1.54. The van der Waals surface area contributed by atoms with Crippen molar-refractivity contribution < 1.29 is 14.4 Å². The van der Waals surface area contributed by atoms with E-state index in [1.165, 1.54) is 11.9 Å². The van der Waals surface area contributed by atoms with Crippen LogP contribution in [0.4, 0.5) is 0 Å². The average Bonchev–Trinajstić information content (AvgIpc) is 2.49. The highest BCUT2D eigenvalue weighted by atomic mass is 16.2. The summed E-state index contributed by atoms with van der Waals surface area (Å²) in [4.78, 5) is 34.8. The van der Waals surface area contributed by atoms with Crippen molar-refractivity contribution in [3.63, 3.8) is 0 Å². The Labute approximate surface area is 87.8 Å². The molecule has 1 aliphatic rings. The molecular weight excluding hydrogens is 198 g/mol. The van der Waals surface area contributed by atoms with Gasteiger partial charge in [-0.1, -0.05) is 0 Å². The lowest BCUT2D eigenvalue weighted by Crippen LogP contribution is -2.37. The molecule has 1 fully saturated rings. The number of rotatable bonds is 4. The van der Waals surface area contributed by atoms with E-state index in [2.05, 4.69) is 5.32 Å². The lowest BCUT2D eigenvalue weighted by Gasteiger charge is -2.14. The Bertz CT molecular complexity index is 290. The number of nitrogens with one attached hydrogen (secondary N) is 1. The van der Waals surface area contributed by atoms with E-state index in [-0.39, 0.29) is 30.7 Å². The molecule has 1 aliphatic heterocycles. The number of amides is 3. The molecule has 1 unspecified atom stereocenters. The molecule has 0 spiro atoms. The molecule has 0 radical (unpaired) electrons. The molecule has 0 aromatic carbocycles. The van der Waals surface area contributed by atoms with Crippen LogP contribution in [-0.2, 0) is 14.4 Å². The Morgan fingerprint density at radius 3 is 2.80 bits per heavy atom. The van der Waals surface area contributed by atoms with Crippen LogP contribution in [0, 0.1) is 5.92 Å². The fraction of sp³-hybridized carbons (Fsp3) is 0.667. The summed E-state index contributed by atoms with van der Waals surface area (Å²) in [6.07, 6.45) is 0.668. The highest BCUT2D eigenvalue weighted by Gasteiger charge is 2.33. The summed E-state index contributed by atoms with van der Waals surface area (Å²) in [7, 11) is 1.52. The number of nitrogens with zero attached hydrogens (tertiary/aromatic N) is 1. The average molecular weight is 213 g/mol. The first-order valence-electron chi connectivity index (χ1n) is 4.82. The van der Waals surface area contributed by atoms with Crippen LogP contribution in [0.1, 0.15) is 12.8 Å². The Balaban J connectivity index is 2.49. The monoisotopic (exact) mass is 213 g/mol. The molecule has 6 heteroatoms. The Hall–Kier alpha value is -1.59. The predicted molar refractivity (Wildman–Crippen MR) is 52.6 cm³/mol. The molecule has 3 amide bonds. The van der Waals surface area contributed by atoms with Crippen LogP contribution < -0.4 is 11.1 Å². The van der Waals surface area contributed by atoms with Gasteiger partial charge in [-0.25, -0.2) is 0 Å². The van der Waals surface area contributed by atoms with E-state index >= 15 is 0 Å². The number of carbonyl (C=O) groups excluding carboxylic acids is 3. The zero-order valence-electron chi connectivity index (χ0n) is 8.66. The molecule has 84 valence electrons. The molecule has 0 aromatic rings. The van der Waals surface area contributed by atoms with Gasteiger partial charge in [0.2, 0.25) is 17.7 Å². The van der Waals surface area contributed by atoms with Gasteiger partial charge >= 0.3 is 0 Å². The third-order valence-electron chi connectivity index (χ3n) is 2.47. The minimum Gasteiger partial charge on any atom is -0.370 e. The first kappa shape index (κ1) is 11.5. The van der Waals surface area contributed by atoms with Crippen molar-refractivity contribution in [3.8, 4) is 0 Å². The molecule has 3 N–H and O–H groups in total. The van der Waals surface area contributed by atoms with Gasteiger partial charge in [0.25, 0.3) is 0 Å². The molecule has 0 aliphatic carbocycles. The maximum atomic E-state index is 11.6. The van der Waals surface area contributed by atoms with Gasteiger partial charge in [-0.3, -0.25) is 14.4 Å². The number of likely N-dealkylation sites (N-methyl/N-ethyl adjacent to an activating group) is 1. The Morgan fingerprint density at radius 1 is 1.60 bits per heavy atom. The minimum absolute atomic E-state index is 0.0601. The summed E-state index contributed by atoms with van der Waals surface area (Å²) in [6, 6.07) is 0. The quantitative estimate of drug-likeness (QED) is 0.592. The van der Waals surface area contributed by atoms with E-state index in [0.717, 1.165) is 0 Å². The SMILES string of the molecule is CNC(=O)CN1CCC(CC(N)=O)C1=O. The molecule has 0 bridgehead atoms. The molecule has 15 heavy (non-hydrogen) atoms. The summed E-state index contributed by atoms with van der Waals surface area (Å²) in [5.41, 5.74) is 5.02. The lowest BCUT2D eigenvalue weighted by molar-refractivity contribution is -0.136. The Kier molecular flexibility index (Phi) is 3.65. The molecule has 6 nitrogen and oxygen atoms in total. The summed E-state index contributed by atoms with van der Waals surface area (Å²) in [5.74, 6) is -1.18. The zero-order chi connectivity index (χ0) is 11.4. The smallest absolute Gasteiger partial charge is 0.239 e. The van der Waals surface area contributed by atoms with Gasteiger partial charge in [-0.05, 0) is 6.42 Å². The minimum atomic E-state index is -0.477. The van der Waals surface area contributed by atoms with E-state index in [0.29, 0.717) is 13.0 Å². The summed E-state index contributed by atoms with van der Waals surface area (Å²) < 4.78 is 0. The molecule has 1 atom stereocenters. The summed E-state index contributed by atoms with van der Waals surface area (Å²) in [5, 5.41) is 2.44. The maximum absolute atomic E-state index is 11.6. The number of primary amides is 1. The van der Waals surface area contributed by atoms with Crippen LogP contribution in [0.25, 0.3) is 0 Å². The number of likely N-dealkylation sites (tertiary alicyclic amines) is 1. The standard InChI is InChI=1S/C9H15N3O3/c1-11-8(14)5-12-3-2-6(9(12)15)4-7(10)13/h6H,2-5H2,1H3,(H2,10,13)(H,11,14). The van der Waals surface area contributed by atoms with E-state index in [4.69, 9.17) is 5.73 Å². The third-order valence-corrected chi connectivity index (χ3v) is 2.47. The van der Waals surface area contributed by atoms with Crippen LogP contribution in [-0.4, -0.2) is 42.8 Å². The van der Waals surface area contributed by atoms with Crippen molar-refractivity contribution in [2.75, 3.05) is 20.1 Å². The first-order valence-corrected chi connectivity index (χ1v) is 4.82. The fourth-order valence-corrected chi connectivity index (χ4v) is 1.65. The second-order valence-corrected chi connectivity index (χ2v) is 3.59. The topological polar surface area (TPSA) is 92.5 Å². The van der Waals surface area contributed by atoms with Crippen molar-refractivity contribution in [2.24, 2.45) is 11.7 Å². The van der Waals surface area contributed by atoms with Gasteiger partial charge in [0.1, 0.15) is 0 Å². The first-order chi connectivity index (χ1) is 7.04. The second-order valence-electron chi connectivity index (χ2n) is 3.59. The number of nitrogens with two attached hydrogens (primary N) is 1. The van der Waals surface area contributed by atoms with Crippen molar-refractivity contribution in [3.05, 3.63) is 0 Å². The number of hydrogen-bond acceptors (Lipinski definition) is 3. The molecular formula is C9H15N3O3. The van der Waals surface area contributed by atoms with E-state index in [9.17, 15) is 14.4 Å². The zero-order valence-corrected chi connectivity index (χ0v) is 8.66. The second kappa shape index (κ2) is 4.77. The molecule has 1 heterocycles. The Morgan fingerprint density at radius 2 is 2.27 bits per heavy atom. The van der Waals surface area contributed by atoms with Crippen LogP contribution in [0.5, 0.6) is 0 Å². The van der Waals surface area contributed by atoms with Crippen molar-refractivity contribution in [2.45, 2.75) is 12.8 Å². The van der Waals surface area contributed by atoms with Gasteiger partial charge in [-0.15, -0.1) is 0 Å². The lowest BCUT2D eigenvalue weighted by atomic mass is 10.0. The normalized spacial score (nSPS) is 20.5. The highest BCUT2D eigenvalue weighted by molar-refractivity contribution is 5.89. The number of hydrogen-bond donors (Lipinski definition) is 2. The summed E-state index contributed by atoms with van der Waals surface area (Å²) >= 11 is 0. The van der Waals surface area contributed by atoms with Gasteiger partial charge in [0.05, 0.1) is 6.54 Å². The maximum Gasteiger partial charge on any atom is 0.239 e. The van der Waals surface area contributed by atoms with Crippen molar-refractivity contribution in [1.82, 2.24) is 10.2 Å². The van der Waals surface area contributed by atoms with Crippen LogP contribution in [0.3, 0.4) is 0 Å². The van der Waals surface area contributed by atoms with Crippen LogP contribution in [0.2, 0.25) is 0 Å². The third kappa shape index (κ3) is 2.93. The van der Waals surface area contributed by atoms with Gasteiger partial charge in [0.15, 0.2) is 0 Å². The van der Waals surface area contributed by atoms with E-state index < -0.39 is 5.91 Å². The largest absolute Gasteiger partial charge is 0.370 e. The van der Waals surface area contributed by atoms with Gasteiger partial charge in [0, 0.05) is 25.9 Å². The fourth-order valence-electron chi connectivity index (χ4n) is 1.65. The van der Waals surface area contributed by atoms with E-state index in [1.807, 2.05) is 0 Å². The summed E-state index contributed by atoms with van der Waals surface area (Å²) in [6.45, 7) is 0.578. The van der Waals surface area contributed by atoms with E-state index in [1.54, 1.807) is 0 Å². The van der Waals surface area contributed by atoms with Crippen molar-refractivity contribution >= 4 is 17.7 Å². The van der Waals surface area contributed by atoms with Gasteiger partial charge in [-0.2, -0.15) is 0 Å². The number of carbonyl (C=O) groups is 3.